The number of nitrogens with zero attached hydrogens (tertiary/aromatic N) is 3. The lowest BCUT2D eigenvalue weighted by atomic mass is 9.92. The molecule has 1 saturated carbocycles. The van der Waals surface area contributed by atoms with Crippen LogP contribution in [0.15, 0.2) is 42.7 Å². The third-order valence-corrected chi connectivity index (χ3v) is 6.40. The third-order valence-electron chi connectivity index (χ3n) is 6.40. The number of aryl methyl sites for hydroxylation is 1. The SMILES string of the molecule is CN1C(=O)C[C@@H](CN[C@@H]2CCC[C@@H]2Cc2ccccc2)[C@@H]1c1cnn(C)c1. The molecule has 1 saturated heterocycles. The molecule has 1 aliphatic heterocycles. The first-order valence-electron chi connectivity index (χ1n) is 10.1. The normalized spacial score (nSPS) is 28.2. The van der Waals surface area contributed by atoms with Crippen LogP contribution < -0.4 is 5.32 Å². The van der Waals surface area contributed by atoms with Crippen molar-refractivity contribution in [1.82, 2.24) is 20.0 Å². The molecule has 0 spiro atoms. The first-order valence-corrected chi connectivity index (χ1v) is 10.1. The maximum atomic E-state index is 12.3. The van der Waals surface area contributed by atoms with Crippen molar-refractivity contribution in [1.29, 1.82) is 0 Å². The minimum atomic E-state index is 0.132. The molecule has 2 fully saturated rings. The van der Waals surface area contributed by atoms with Gasteiger partial charge in [-0.25, -0.2) is 0 Å². The zero-order chi connectivity index (χ0) is 18.8. The molecule has 4 atom stereocenters. The van der Waals surface area contributed by atoms with E-state index in [9.17, 15) is 4.79 Å². The second-order valence-corrected chi connectivity index (χ2v) is 8.26. The van der Waals surface area contributed by atoms with Crippen LogP contribution in [0.1, 0.15) is 42.9 Å². The van der Waals surface area contributed by atoms with E-state index in [4.69, 9.17) is 0 Å². The lowest BCUT2D eigenvalue weighted by Gasteiger charge is -2.27. The van der Waals surface area contributed by atoms with Crippen LogP contribution in [0.3, 0.4) is 0 Å². The number of carbonyl (C=O) groups excluding carboxylic acids is 1. The minimum absolute atomic E-state index is 0.132. The molecule has 1 N–H and O–H groups in total. The number of benzene rings is 1. The number of aromatic nitrogens is 2. The lowest BCUT2D eigenvalue weighted by molar-refractivity contribution is -0.127. The first-order chi connectivity index (χ1) is 13.1. The van der Waals surface area contributed by atoms with Crippen molar-refractivity contribution in [2.24, 2.45) is 18.9 Å². The highest BCUT2D eigenvalue weighted by Crippen LogP contribution is 2.37. The molecule has 1 amide bonds. The van der Waals surface area contributed by atoms with Gasteiger partial charge in [-0.1, -0.05) is 36.8 Å². The van der Waals surface area contributed by atoms with E-state index in [0.717, 1.165) is 18.5 Å². The predicted molar refractivity (Wildman–Crippen MR) is 106 cm³/mol. The van der Waals surface area contributed by atoms with Crippen molar-refractivity contribution in [3.8, 4) is 0 Å². The van der Waals surface area contributed by atoms with Crippen molar-refractivity contribution in [3.63, 3.8) is 0 Å². The van der Waals surface area contributed by atoms with Gasteiger partial charge in [0.2, 0.25) is 5.91 Å². The highest BCUT2D eigenvalue weighted by Gasteiger charge is 2.39. The average Bonchev–Trinajstić information content (AvgIpc) is 3.35. The summed E-state index contributed by atoms with van der Waals surface area (Å²) in [7, 11) is 3.86. The summed E-state index contributed by atoms with van der Waals surface area (Å²) in [6.07, 6.45) is 9.55. The number of hydrogen-bond acceptors (Lipinski definition) is 3. The van der Waals surface area contributed by atoms with Gasteiger partial charge in [-0.3, -0.25) is 9.48 Å². The maximum absolute atomic E-state index is 12.3. The monoisotopic (exact) mass is 366 g/mol. The van der Waals surface area contributed by atoms with E-state index in [2.05, 4.69) is 40.7 Å². The average molecular weight is 367 g/mol. The molecule has 27 heavy (non-hydrogen) atoms. The Morgan fingerprint density at radius 1 is 1.15 bits per heavy atom. The summed E-state index contributed by atoms with van der Waals surface area (Å²) in [4.78, 5) is 14.2. The number of nitrogens with one attached hydrogen (secondary N) is 1. The Kier molecular flexibility index (Phi) is 5.30. The van der Waals surface area contributed by atoms with E-state index in [1.807, 2.05) is 36.1 Å². The van der Waals surface area contributed by atoms with Gasteiger partial charge in [-0.05, 0) is 30.7 Å². The second kappa shape index (κ2) is 7.85. The Morgan fingerprint density at radius 3 is 2.70 bits per heavy atom. The molecule has 1 aromatic carbocycles. The predicted octanol–water partition coefficient (Wildman–Crippen LogP) is 2.94. The molecular weight excluding hydrogens is 336 g/mol. The molecule has 2 aromatic rings. The Morgan fingerprint density at radius 2 is 1.96 bits per heavy atom. The summed E-state index contributed by atoms with van der Waals surface area (Å²) < 4.78 is 1.82. The number of amides is 1. The minimum Gasteiger partial charge on any atom is -0.338 e. The van der Waals surface area contributed by atoms with Crippen LogP contribution in [0.4, 0.5) is 0 Å². The maximum Gasteiger partial charge on any atom is 0.223 e. The quantitative estimate of drug-likeness (QED) is 0.855. The summed E-state index contributed by atoms with van der Waals surface area (Å²) in [6.45, 7) is 0.894. The number of rotatable bonds is 6. The zero-order valence-electron chi connectivity index (χ0n) is 16.3. The van der Waals surface area contributed by atoms with Crippen LogP contribution in [0.2, 0.25) is 0 Å². The van der Waals surface area contributed by atoms with Crippen molar-refractivity contribution in [2.75, 3.05) is 13.6 Å². The smallest absolute Gasteiger partial charge is 0.223 e. The summed E-state index contributed by atoms with van der Waals surface area (Å²) >= 11 is 0. The highest BCUT2D eigenvalue weighted by molar-refractivity contribution is 5.79. The van der Waals surface area contributed by atoms with Gasteiger partial charge in [0, 0.05) is 50.8 Å². The molecule has 2 heterocycles. The summed E-state index contributed by atoms with van der Waals surface area (Å²) in [5, 5.41) is 8.15. The van der Waals surface area contributed by atoms with Gasteiger partial charge in [-0.15, -0.1) is 0 Å². The van der Waals surface area contributed by atoms with E-state index >= 15 is 0 Å². The second-order valence-electron chi connectivity index (χ2n) is 8.26. The molecular formula is C22H30N4O. The number of likely N-dealkylation sites (tertiary alicyclic amines) is 1. The summed E-state index contributed by atoms with van der Waals surface area (Å²) in [5.41, 5.74) is 2.57. The fourth-order valence-corrected chi connectivity index (χ4v) is 4.99. The van der Waals surface area contributed by atoms with Gasteiger partial charge in [-0.2, -0.15) is 5.10 Å². The van der Waals surface area contributed by atoms with Crippen LogP contribution in [0.5, 0.6) is 0 Å². The van der Waals surface area contributed by atoms with Gasteiger partial charge in [0.05, 0.1) is 12.2 Å². The van der Waals surface area contributed by atoms with Crippen LogP contribution in [-0.2, 0) is 18.3 Å². The van der Waals surface area contributed by atoms with Gasteiger partial charge in [0.25, 0.3) is 0 Å². The topological polar surface area (TPSA) is 50.2 Å². The highest BCUT2D eigenvalue weighted by atomic mass is 16.2. The lowest BCUT2D eigenvalue weighted by Crippen LogP contribution is -2.38. The van der Waals surface area contributed by atoms with Crippen LogP contribution >= 0.6 is 0 Å². The molecule has 0 radical (unpaired) electrons. The third kappa shape index (κ3) is 3.93. The standard InChI is InChI=1S/C22H30N4O/c1-25-15-19(14-24-25)22-18(12-21(27)26(22)2)13-23-20-10-6-9-17(20)11-16-7-4-3-5-8-16/h3-5,7-8,14-15,17-18,20,22-23H,6,9-13H2,1-2H3/t17-,18+,20-,22-/m1/s1. The van der Waals surface area contributed by atoms with Crippen LogP contribution in [0.25, 0.3) is 0 Å². The molecule has 0 bridgehead atoms. The molecule has 5 nitrogen and oxygen atoms in total. The largest absolute Gasteiger partial charge is 0.338 e. The van der Waals surface area contributed by atoms with Crippen molar-refractivity contribution >= 4 is 5.91 Å². The molecule has 2 aliphatic rings. The Labute approximate surface area is 161 Å². The molecule has 1 aromatic heterocycles. The number of carbonyl (C=O) groups is 1. The van der Waals surface area contributed by atoms with Gasteiger partial charge >= 0.3 is 0 Å². The molecule has 5 heteroatoms. The van der Waals surface area contributed by atoms with Gasteiger partial charge in [0.1, 0.15) is 0 Å². The van der Waals surface area contributed by atoms with Gasteiger partial charge in [0.15, 0.2) is 0 Å². The van der Waals surface area contributed by atoms with Gasteiger partial charge < -0.3 is 10.2 Å². The molecule has 144 valence electrons. The molecule has 1 aliphatic carbocycles. The fourth-order valence-electron chi connectivity index (χ4n) is 4.99. The van der Waals surface area contributed by atoms with E-state index in [-0.39, 0.29) is 11.9 Å². The van der Waals surface area contributed by atoms with Crippen molar-refractivity contribution < 1.29 is 4.79 Å². The number of hydrogen-bond donors (Lipinski definition) is 1. The van der Waals surface area contributed by atoms with Crippen LogP contribution in [0, 0.1) is 11.8 Å². The Balaban J connectivity index is 1.40. The molecule has 0 unspecified atom stereocenters. The zero-order valence-corrected chi connectivity index (χ0v) is 16.3. The van der Waals surface area contributed by atoms with E-state index in [1.54, 1.807) is 0 Å². The first kappa shape index (κ1) is 18.2. The summed E-state index contributed by atoms with van der Waals surface area (Å²) in [6, 6.07) is 11.5. The van der Waals surface area contributed by atoms with Crippen LogP contribution in [-0.4, -0.2) is 40.2 Å². The van der Waals surface area contributed by atoms with E-state index in [1.165, 1.54) is 24.8 Å². The van der Waals surface area contributed by atoms with E-state index in [0.29, 0.717) is 24.3 Å². The van der Waals surface area contributed by atoms with E-state index < -0.39 is 0 Å². The Bertz CT molecular complexity index is 772. The molecule has 4 rings (SSSR count). The van der Waals surface area contributed by atoms with Crippen molar-refractivity contribution in [2.45, 2.75) is 44.2 Å². The summed E-state index contributed by atoms with van der Waals surface area (Å²) in [5.74, 6) is 1.24. The fraction of sp³-hybridized carbons (Fsp3) is 0.545. The Hall–Kier alpha value is -2.14. The van der Waals surface area contributed by atoms with Crippen molar-refractivity contribution in [3.05, 3.63) is 53.9 Å².